The molecule has 0 spiro atoms. The summed E-state index contributed by atoms with van der Waals surface area (Å²) in [5.74, 6) is -0.155. The Hall–Kier alpha value is -1.22. The minimum absolute atomic E-state index is 0.155. The maximum atomic E-state index is 11.9. The van der Waals surface area contributed by atoms with Gasteiger partial charge < -0.3 is 5.32 Å². The van der Waals surface area contributed by atoms with E-state index in [-0.39, 0.29) is 5.91 Å². The first kappa shape index (κ1) is 15.2. The van der Waals surface area contributed by atoms with Gasteiger partial charge in [-0.1, -0.05) is 46.9 Å². The number of amides is 1. The van der Waals surface area contributed by atoms with Gasteiger partial charge in [0.1, 0.15) is 0 Å². The molecule has 0 unspecified atom stereocenters. The van der Waals surface area contributed by atoms with Crippen molar-refractivity contribution in [1.82, 2.24) is 5.32 Å². The lowest BCUT2D eigenvalue weighted by molar-refractivity contribution is 0.0954. The predicted octanol–water partition coefficient (Wildman–Crippen LogP) is 4.62. The summed E-state index contributed by atoms with van der Waals surface area (Å²) in [5, 5.41) is 4.57. The van der Waals surface area contributed by atoms with E-state index < -0.39 is 0 Å². The van der Waals surface area contributed by atoms with Crippen molar-refractivity contribution in [3.63, 3.8) is 0 Å². The Morgan fingerprint density at radius 3 is 2.45 bits per heavy atom. The van der Waals surface area contributed by atoms with Crippen LogP contribution in [-0.4, -0.2) is 12.5 Å². The summed E-state index contributed by atoms with van der Waals surface area (Å²) < 4.78 is 0. The van der Waals surface area contributed by atoms with Gasteiger partial charge in [-0.15, -0.1) is 0 Å². The Balaban J connectivity index is 1.91. The average molecular weight is 329 g/mol. The molecule has 1 amide bonds. The number of nitrogens with one attached hydrogen (secondary N) is 1. The number of hydrogen-bond acceptors (Lipinski definition) is 1. The van der Waals surface area contributed by atoms with Crippen molar-refractivity contribution in [2.75, 3.05) is 6.54 Å². The first-order chi connectivity index (χ1) is 9.56. The lowest BCUT2D eigenvalue weighted by atomic mass is 10.1. The molecule has 0 heterocycles. The molecule has 2 rings (SSSR count). The van der Waals surface area contributed by atoms with Crippen LogP contribution in [-0.2, 0) is 6.42 Å². The molecule has 0 bridgehead atoms. The third-order valence-corrected chi connectivity index (χ3v) is 3.60. The zero-order valence-corrected chi connectivity index (χ0v) is 12.8. The molecule has 20 heavy (non-hydrogen) atoms. The van der Waals surface area contributed by atoms with Gasteiger partial charge >= 0.3 is 0 Å². The quantitative estimate of drug-likeness (QED) is 0.872. The molecule has 0 saturated heterocycles. The molecule has 2 aromatic carbocycles. The van der Waals surface area contributed by atoms with E-state index in [0.29, 0.717) is 33.6 Å². The van der Waals surface area contributed by atoms with E-state index >= 15 is 0 Å². The van der Waals surface area contributed by atoms with E-state index in [1.54, 1.807) is 36.4 Å². The Bertz CT molecular complexity index is 628. The van der Waals surface area contributed by atoms with Gasteiger partial charge in [-0.3, -0.25) is 4.79 Å². The molecule has 0 aliphatic rings. The van der Waals surface area contributed by atoms with Gasteiger partial charge in [0.2, 0.25) is 0 Å². The van der Waals surface area contributed by atoms with Crippen LogP contribution in [0, 0.1) is 0 Å². The first-order valence-corrected chi connectivity index (χ1v) is 7.17. The van der Waals surface area contributed by atoms with Crippen LogP contribution in [0.1, 0.15) is 15.9 Å². The maximum absolute atomic E-state index is 11.9. The van der Waals surface area contributed by atoms with E-state index in [1.807, 2.05) is 6.07 Å². The molecule has 5 heteroatoms. The molecule has 0 aromatic heterocycles. The second-order valence-corrected chi connectivity index (χ2v) is 5.53. The molecule has 0 aliphatic heterocycles. The van der Waals surface area contributed by atoms with Gasteiger partial charge in [-0.05, 0) is 42.3 Å². The molecule has 0 saturated carbocycles. The van der Waals surface area contributed by atoms with Crippen molar-refractivity contribution in [1.29, 1.82) is 0 Å². The molecule has 0 fully saturated rings. The summed E-state index contributed by atoms with van der Waals surface area (Å²) >= 11 is 17.7. The van der Waals surface area contributed by atoms with Gasteiger partial charge in [0.25, 0.3) is 5.91 Å². The smallest absolute Gasteiger partial charge is 0.251 e. The van der Waals surface area contributed by atoms with Crippen molar-refractivity contribution in [2.24, 2.45) is 0 Å². The number of carbonyl (C=O) groups excluding carboxylic acids is 1. The monoisotopic (exact) mass is 327 g/mol. The van der Waals surface area contributed by atoms with Crippen LogP contribution in [0.4, 0.5) is 0 Å². The Kier molecular flexibility index (Phi) is 5.30. The summed E-state index contributed by atoms with van der Waals surface area (Å²) in [6.07, 6.45) is 0.641. The Morgan fingerprint density at radius 1 is 1.00 bits per heavy atom. The number of rotatable bonds is 4. The molecule has 2 aromatic rings. The largest absolute Gasteiger partial charge is 0.352 e. The van der Waals surface area contributed by atoms with Crippen LogP contribution >= 0.6 is 34.8 Å². The standard InChI is InChI=1S/C15H12Cl3NO/c16-12-3-1-2-11(8-12)15(20)19-7-6-10-4-5-13(17)9-14(10)18/h1-5,8-9H,6-7H2,(H,19,20). The summed E-state index contributed by atoms with van der Waals surface area (Å²) in [4.78, 5) is 11.9. The minimum atomic E-state index is -0.155. The van der Waals surface area contributed by atoms with E-state index in [0.717, 1.165) is 5.56 Å². The van der Waals surface area contributed by atoms with Crippen LogP contribution in [0.15, 0.2) is 42.5 Å². The second-order valence-electron chi connectivity index (χ2n) is 4.25. The van der Waals surface area contributed by atoms with Crippen molar-refractivity contribution in [3.05, 3.63) is 68.7 Å². The van der Waals surface area contributed by atoms with Crippen molar-refractivity contribution in [3.8, 4) is 0 Å². The third-order valence-electron chi connectivity index (χ3n) is 2.78. The fourth-order valence-electron chi connectivity index (χ4n) is 1.77. The number of halogens is 3. The van der Waals surface area contributed by atoms with Gasteiger partial charge in [-0.25, -0.2) is 0 Å². The number of benzene rings is 2. The Morgan fingerprint density at radius 2 is 1.75 bits per heavy atom. The average Bonchev–Trinajstić information content (AvgIpc) is 2.41. The highest BCUT2D eigenvalue weighted by Gasteiger charge is 2.06. The Labute approximate surface area is 132 Å². The number of hydrogen-bond donors (Lipinski definition) is 1. The predicted molar refractivity (Wildman–Crippen MR) is 84.0 cm³/mol. The molecular formula is C15H12Cl3NO. The molecular weight excluding hydrogens is 317 g/mol. The lowest BCUT2D eigenvalue weighted by Crippen LogP contribution is -2.25. The highest BCUT2D eigenvalue weighted by molar-refractivity contribution is 6.35. The zero-order chi connectivity index (χ0) is 14.5. The second kappa shape index (κ2) is 6.98. The van der Waals surface area contributed by atoms with Crippen LogP contribution in [0.25, 0.3) is 0 Å². The van der Waals surface area contributed by atoms with Crippen molar-refractivity contribution < 1.29 is 4.79 Å². The molecule has 2 nitrogen and oxygen atoms in total. The zero-order valence-electron chi connectivity index (χ0n) is 10.5. The van der Waals surface area contributed by atoms with Crippen LogP contribution in [0.3, 0.4) is 0 Å². The van der Waals surface area contributed by atoms with E-state index in [4.69, 9.17) is 34.8 Å². The third kappa shape index (κ3) is 4.14. The van der Waals surface area contributed by atoms with Crippen LogP contribution in [0.2, 0.25) is 15.1 Å². The van der Waals surface area contributed by atoms with Crippen molar-refractivity contribution in [2.45, 2.75) is 6.42 Å². The fraction of sp³-hybridized carbons (Fsp3) is 0.133. The summed E-state index contributed by atoms with van der Waals surface area (Å²) in [6, 6.07) is 12.1. The van der Waals surface area contributed by atoms with E-state index in [1.165, 1.54) is 0 Å². The SMILES string of the molecule is O=C(NCCc1ccc(Cl)cc1Cl)c1cccc(Cl)c1. The van der Waals surface area contributed by atoms with Gasteiger partial charge in [0.15, 0.2) is 0 Å². The molecule has 1 N–H and O–H groups in total. The summed E-state index contributed by atoms with van der Waals surface area (Å²) in [6.45, 7) is 0.493. The topological polar surface area (TPSA) is 29.1 Å². The lowest BCUT2D eigenvalue weighted by Gasteiger charge is -2.07. The maximum Gasteiger partial charge on any atom is 0.251 e. The highest BCUT2D eigenvalue weighted by atomic mass is 35.5. The fourth-order valence-corrected chi connectivity index (χ4v) is 2.46. The molecule has 104 valence electrons. The molecule has 0 aliphatic carbocycles. The highest BCUT2D eigenvalue weighted by Crippen LogP contribution is 2.21. The summed E-state index contributed by atoms with van der Waals surface area (Å²) in [5.41, 5.74) is 1.49. The minimum Gasteiger partial charge on any atom is -0.352 e. The number of carbonyl (C=O) groups is 1. The van der Waals surface area contributed by atoms with Gasteiger partial charge in [0, 0.05) is 27.2 Å². The normalized spacial score (nSPS) is 10.3. The van der Waals surface area contributed by atoms with Gasteiger partial charge in [0.05, 0.1) is 0 Å². The molecule has 0 radical (unpaired) electrons. The van der Waals surface area contributed by atoms with Crippen LogP contribution < -0.4 is 5.32 Å². The van der Waals surface area contributed by atoms with E-state index in [2.05, 4.69) is 5.32 Å². The molecule has 0 atom stereocenters. The van der Waals surface area contributed by atoms with Crippen LogP contribution in [0.5, 0.6) is 0 Å². The van der Waals surface area contributed by atoms with E-state index in [9.17, 15) is 4.79 Å². The van der Waals surface area contributed by atoms with Gasteiger partial charge in [-0.2, -0.15) is 0 Å². The first-order valence-electron chi connectivity index (χ1n) is 6.04. The van der Waals surface area contributed by atoms with Crippen molar-refractivity contribution >= 4 is 40.7 Å². The summed E-state index contributed by atoms with van der Waals surface area (Å²) in [7, 11) is 0.